The molecular weight excluding hydrogens is 726 g/mol. The summed E-state index contributed by atoms with van der Waals surface area (Å²) in [6.07, 6.45) is -3.74. The largest absolute Gasteiger partial charge is 0.506 e. The molecule has 0 unspecified atom stereocenters. The normalized spacial score (nSPS) is 11.2. The second kappa shape index (κ2) is 15.4. The number of anilines is 3. The highest BCUT2D eigenvalue weighted by Crippen LogP contribution is 2.34. The van der Waals surface area contributed by atoms with Crippen LogP contribution in [0.1, 0.15) is 26.3 Å². The predicted molar refractivity (Wildman–Crippen MR) is 180 cm³/mol. The number of aromatic hydroxyl groups is 1. The molecule has 4 aromatic carbocycles. The maximum absolute atomic E-state index is 13.4. The number of hydrogen-bond donors (Lipinski definition) is 6. The van der Waals surface area contributed by atoms with E-state index in [-0.39, 0.29) is 33.3 Å². The van der Waals surface area contributed by atoms with Gasteiger partial charge >= 0.3 is 12.1 Å². The van der Waals surface area contributed by atoms with Gasteiger partial charge < -0.3 is 26.2 Å². The fraction of sp³-hybridized carbons (Fsp3) is 0.0625. The average molecular weight is 751 g/mol. The zero-order valence-electron chi connectivity index (χ0n) is 25.1. The summed E-state index contributed by atoms with van der Waals surface area (Å²) in [5.41, 5.74) is 2.81. The lowest BCUT2D eigenvalue weighted by molar-refractivity contribution is -0.192. The third-order valence-corrected chi connectivity index (χ3v) is 8.31. The molecule has 0 atom stereocenters. The van der Waals surface area contributed by atoms with E-state index in [2.05, 4.69) is 20.9 Å². The fourth-order valence-electron chi connectivity index (χ4n) is 4.25. The Hall–Kier alpha value is -5.42. The van der Waals surface area contributed by atoms with Gasteiger partial charge in [-0.15, -0.1) is 0 Å². The van der Waals surface area contributed by atoms with Gasteiger partial charge in [0.2, 0.25) is 10.0 Å². The number of carbonyl (C=O) groups is 3. The summed E-state index contributed by atoms with van der Waals surface area (Å²) in [6, 6.07) is 22.1. The summed E-state index contributed by atoms with van der Waals surface area (Å²) >= 11 is 12.0. The molecule has 0 fully saturated rings. The number of carboxylic acids is 1. The van der Waals surface area contributed by atoms with Gasteiger partial charge in [0, 0.05) is 35.1 Å². The summed E-state index contributed by atoms with van der Waals surface area (Å²) in [5.74, 6) is -3.69. The Morgan fingerprint density at radius 1 is 0.860 bits per heavy atom. The highest BCUT2D eigenvalue weighted by molar-refractivity contribution is 7.89. The maximum Gasteiger partial charge on any atom is 0.490 e. The van der Waals surface area contributed by atoms with Crippen LogP contribution in [0.15, 0.2) is 96.0 Å². The molecule has 5 aromatic rings. The number of rotatable bonds is 8. The summed E-state index contributed by atoms with van der Waals surface area (Å²) in [4.78, 5) is 39.3. The minimum atomic E-state index is -5.08. The van der Waals surface area contributed by atoms with E-state index in [1.54, 1.807) is 54.6 Å². The molecule has 2 amide bonds. The molecule has 0 aliphatic carbocycles. The van der Waals surface area contributed by atoms with E-state index in [0.717, 1.165) is 0 Å². The molecule has 18 heteroatoms. The van der Waals surface area contributed by atoms with Crippen LogP contribution in [0, 0.1) is 0 Å². The molecule has 260 valence electrons. The first-order valence-electron chi connectivity index (χ1n) is 13.9. The van der Waals surface area contributed by atoms with Crippen LogP contribution >= 0.6 is 23.2 Å². The van der Waals surface area contributed by atoms with Gasteiger partial charge in [-0.1, -0.05) is 53.5 Å². The summed E-state index contributed by atoms with van der Waals surface area (Å²) in [7, 11) is -3.84. The first-order chi connectivity index (χ1) is 23.4. The summed E-state index contributed by atoms with van der Waals surface area (Å²) in [5, 5.41) is 32.6. The van der Waals surface area contributed by atoms with Gasteiger partial charge in [-0.2, -0.15) is 13.2 Å². The Balaban J connectivity index is 0.000000727. The number of pyridine rings is 1. The van der Waals surface area contributed by atoms with E-state index in [1.165, 1.54) is 36.5 Å². The van der Waals surface area contributed by atoms with E-state index < -0.39 is 34.0 Å². The van der Waals surface area contributed by atoms with Crippen molar-refractivity contribution in [1.82, 2.24) is 10.3 Å². The van der Waals surface area contributed by atoms with Gasteiger partial charge in [0.25, 0.3) is 11.8 Å². The second-order valence-corrected chi connectivity index (χ2v) is 12.6. The standard InChI is InChI=1S/C30H23Cl2N5O5S.C2HF3O2/c31-24-12-9-18(13-25(24)32)29(39)37-20-4-1-3-19(14-20)36-27-22-5-2-6-26(38)28(22)34-16-23(27)30(40)35-15-17-7-10-21(11-8-17)43(33,41)42;3-2(4,5)1(6)7/h1-14,16,38H,15H2,(H,34,36)(H,35,40)(H,37,39)(H2,33,41,42);(H,6,7). The number of alkyl halides is 3. The van der Waals surface area contributed by atoms with Crippen molar-refractivity contribution in [3.05, 3.63) is 118 Å². The van der Waals surface area contributed by atoms with Crippen molar-refractivity contribution in [2.75, 3.05) is 10.6 Å². The lowest BCUT2D eigenvalue weighted by Gasteiger charge is -2.16. The van der Waals surface area contributed by atoms with Crippen molar-refractivity contribution in [2.24, 2.45) is 5.14 Å². The van der Waals surface area contributed by atoms with Crippen LogP contribution in [-0.4, -0.2) is 47.6 Å². The quantitative estimate of drug-likeness (QED) is 0.103. The molecule has 0 saturated heterocycles. The third-order valence-electron chi connectivity index (χ3n) is 6.64. The van der Waals surface area contributed by atoms with Gasteiger partial charge in [0.05, 0.1) is 26.2 Å². The Kier molecular flexibility index (Phi) is 11.5. The lowest BCUT2D eigenvalue weighted by atomic mass is 10.1. The topological polar surface area (TPSA) is 201 Å². The van der Waals surface area contributed by atoms with E-state index >= 15 is 0 Å². The molecule has 12 nitrogen and oxygen atoms in total. The number of carbonyl (C=O) groups excluding carboxylic acids is 2. The number of phenolic OH excluding ortho intramolecular Hbond substituents is 1. The number of sulfonamides is 1. The zero-order valence-corrected chi connectivity index (χ0v) is 27.5. The Labute approximate surface area is 291 Å². The van der Waals surface area contributed by atoms with Crippen molar-refractivity contribution >= 4 is 79.0 Å². The Bertz CT molecular complexity index is 2200. The van der Waals surface area contributed by atoms with Crippen LogP contribution in [0.4, 0.5) is 30.2 Å². The molecule has 0 radical (unpaired) electrons. The summed E-state index contributed by atoms with van der Waals surface area (Å²) < 4.78 is 54.8. The summed E-state index contributed by atoms with van der Waals surface area (Å²) in [6.45, 7) is 0.0947. The van der Waals surface area contributed by atoms with E-state index in [4.69, 9.17) is 38.2 Å². The highest BCUT2D eigenvalue weighted by atomic mass is 35.5. The maximum atomic E-state index is 13.4. The van der Waals surface area contributed by atoms with Crippen LogP contribution in [0.25, 0.3) is 10.9 Å². The zero-order chi connectivity index (χ0) is 36.8. The monoisotopic (exact) mass is 749 g/mol. The number of aliphatic carboxylic acids is 1. The number of nitrogens with one attached hydrogen (secondary N) is 3. The third kappa shape index (κ3) is 9.60. The minimum absolute atomic E-state index is 0.0389. The fourth-order valence-corrected chi connectivity index (χ4v) is 5.06. The molecule has 0 aliphatic heterocycles. The minimum Gasteiger partial charge on any atom is -0.506 e. The van der Waals surface area contributed by atoms with E-state index in [0.29, 0.717) is 38.6 Å². The number of phenols is 1. The average Bonchev–Trinajstić information content (AvgIpc) is 3.05. The van der Waals surface area contributed by atoms with Gasteiger partial charge in [-0.25, -0.2) is 18.4 Å². The number of nitrogens with zero attached hydrogens (tertiary/aromatic N) is 1. The van der Waals surface area contributed by atoms with Gasteiger partial charge in [-0.3, -0.25) is 14.6 Å². The van der Waals surface area contributed by atoms with Crippen molar-refractivity contribution in [2.45, 2.75) is 17.6 Å². The van der Waals surface area contributed by atoms with E-state index in [1.807, 2.05) is 0 Å². The Morgan fingerprint density at radius 3 is 2.12 bits per heavy atom. The molecule has 7 N–H and O–H groups in total. The molecule has 0 saturated carbocycles. The SMILES string of the molecule is NS(=O)(=O)c1ccc(CNC(=O)c2cnc3c(O)cccc3c2Nc2cccc(NC(=O)c3ccc(Cl)c(Cl)c3)c2)cc1.O=C(O)C(F)(F)F. The first kappa shape index (κ1) is 37.4. The molecule has 50 heavy (non-hydrogen) atoms. The number of aromatic nitrogens is 1. The van der Waals surface area contributed by atoms with Gasteiger partial charge in [0.1, 0.15) is 11.3 Å². The van der Waals surface area contributed by atoms with Crippen molar-refractivity contribution in [3.8, 4) is 5.75 Å². The number of benzene rings is 4. The molecule has 0 spiro atoms. The molecule has 5 rings (SSSR count). The number of primary sulfonamides is 1. The number of amides is 2. The predicted octanol–water partition coefficient (Wildman–Crippen LogP) is 6.45. The van der Waals surface area contributed by atoms with Crippen molar-refractivity contribution < 1.29 is 46.2 Å². The van der Waals surface area contributed by atoms with Crippen LogP contribution in [0.5, 0.6) is 5.75 Å². The first-order valence-corrected chi connectivity index (χ1v) is 16.2. The smallest absolute Gasteiger partial charge is 0.490 e. The highest BCUT2D eigenvalue weighted by Gasteiger charge is 2.38. The molecular formula is C32H24Cl2F3N5O7S. The van der Waals surface area contributed by atoms with Crippen LogP contribution in [0.2, 0.25) is 10.0 Å². The number of para-hydroxylation sites is 1. The number of carboxylic acid groups (broad SMARTS) is 1. The van der Waals surface area contributed by atoms with Crippen LogP contribution in [0.3, 0.4) is 0 Å². The van der Waals surface area contributed by atoms with E-state index in [9.17, 15) is 36.3 Å². The van der Waals surface area contributed by atoms with Gasteiger partial charge in [0.15, 0.2) is 0 Å². The molecule has 1 heterocycles. The molecule has 1 aromatic heterocycles. The second-order valence-electron chi connectivity index (χ2n) is 10.2. The number of fused-ring (bicyclic) bond motifs is 1. The Morgan fingerprint density at radius 2 is 1.50 bits per heavy atom. The number of halogens is 5. The lowest BCUT2D eigenvalue weighted by Crippen LogP contribution is -2.24. The van der Waals surface area contributed by atoms with Gasteiger partial charge in [-0.05, 0) is 60.2 Å². The number of hydrogen-bond acceptors (Lipinski definition) is 8. The van der Waals surface area contributed by atoms with Crippen molar-refractivity contribution in [1.29, 1.82) is 0 Å². The van der Waals surface area contributed by atoms with Crippen LogP contribution < -0.4 is 21.1 Å². The van der Waals surface area contributed by atoms with Crippen LogP contribution in [-0.2, 0) is 21.4 Å². The number of nitrogens with two attached hydrogens (primary N) is 1. The molecule has 0 bridgehead atoms. The molecule has 0 aliphatic rings. The van der Waals surface area contributed by atoms with Crippen molar-refractivity contribution in [3.63, 3.8) is 0 Å².